The number of amides is 1. The summed E-state index contributed by atoms with van der Waals surface area (Å²) in [6.45, 7) is 4.21. The lowest BCUT2D eigenvalue weighted by atomic mass is 10.2. The van der Waals surface area contributed by atoms with Crippen molar-refractivity contribution in [3.05, 3.63) is 17.2 Å². The summed E-state index contributed by atoms with van der Waals surface area (Å²) in [6.07, 6.45) is 3.33. The van der Waals surface area contributed by atoms with Crippen molar-refractivity contribution in [2.75, 3.05) is 11.9 Å². The van der Waals surface area contributed by atoms with Crippen LogP contribution >= 0.6 is 11.3 Å². The van der Waals surface area contributed by atoms with Gasteiger partial charge in [0.1, 0.15) is 0 Å². The van der Waals surface area contributed by atoms with Gasteiger partial charge in [-0.3, -0.25) is 5.32 Å². The molecule has 98 valence electrons. The third kappa shape index (κ3) is 5.44. The SMILES string of the molecule is CC(C)COC(=O)Nc1ncc(C=CC(=O)O)s1. The molecule has 1 aromatic heterocycles. The van der Waals surface area contributed by atoms with Crippen molar-refractivity contribution in [3.8, 4) is 0 Å². The van der Waals surface area contributed by atoms with Crippen LogP contribution in [0.3, 0.4) is 0 Å². The van der Waals surface area contributed by atoms with Crippen LogP contribution in [-0.2, 0) is 9.53 Å². The number of anilines is 1. The Morgan fingerprint density at radius 2 is 2.33 bits per heavy atom. The third-order valence-electron chi connectivity index (χ3n) is 1.67. The lowest BCUT2D eigenvalue weighted by Crippen LogP contribution is -2.16. The summed E-state index contributed by atoms with van der Waals surface area (Å²) in [6, 6.07) is 0. The quantitative estimate of drug-likeness (QED) is 0.802. The van der Waals surface area contributed by atoms with E-state index >= 15 is 0 Å². The fourth-order valence-corrected chi connectivity index (χ4v) is 1.65. The predicted molar refractivity (Wildman–Crippen MR) is 68.6 cm³/mol. The smallest absolute Gasteiger partial charge is 0.413 e. The Kier molecular flexibility index (Phi) is 5.31. The maximum atomic E-state index is 11.3. The molecule has 0 spiro atoms. The highest BCUT2D eigenvalue weighted by Gasteiger charge is 2.07. The van der Waals surface area contributed by atoms with Crippen LogP contribution in [0.1, 0.15) is 18.7 Å². The lowest BCUT2D eigenvalue weighted by Gasteiger charge is -2.06. The Morgan fingerprint density at radius 1 is 1.61 bits per heavy atom. The molecule has 0 bridgehead atoms. The van der Waals surface area contributed by atoms with Crippen molar-refractivity contribution >= 4 is 34.6 Å². The average Bonchev–Trinajstić information content (AvgIpc) is 2.71. The van der Waals surface area contributed by atoms with Gasteiger partial charge in [0.05, 0.1) is 6.61 Å². The van der Waals surface area contributed by atoms with Gasteiger partial charge >= 0.3 is 12.1 Å². The molecular weight excluding hydrogens is 256 g/mol. The Balaban J connectivity index is 2.48. The van der Waals surface area contributed by atoms with Gasteiger partial charge in [-0.2, -0.15) is 0 Å². The standard InChI is InChI=1S/C11H14N2O4S/c1-7(2)6-17-11(16)13-10-12-5-8(18-10)3-4-9(14)15/h3-5,7H,6H2,1-2H3,(H,14,15)(H,12,13,16). The highest BCUT2D eigenvalue weighted by atomic mass is 32.1. The molecule has 1 amide bonds. The number of carboxylic acids is 1. The topological polar surface area (TPSA) is 88.5 Å². The number of aromatic nitrogens is 1. The molecule has 0 atom stereocenters. The monoisotopic (exact) mass is 270 g/mol. The minimum atomic E-state index is -1.03. The van der Waals surface area contributed by atoms with Crippen molar-refractivity contribution in [2.45, 2.75) is 13.8 Å². The summed E-state index contributed by atoms with van der Waals surface area (Å²) in [5.41, 5.74) is 0. The van der Waals surface area contributed by atoms with Crippen LogP contribution in [0.5, 0.6) is 0 Å². The van der Waals surface area contributed by atoms with Gasteiger partial charge in [0.2, 0.25) is 0 Å². The van der Waals surface area contributed by atoms with E-state index in [1.165, 1.54) is 12.3 Å². The highest BCUT2D eigenvalue weighted by Crippen LogP contribution is 2.19. The Labute approximate surface area is 108 Å². The average molecular weight is 270 g/mol. The zero-order valence-corrected chi connectivity index (χ0v) is 10.9. The summed E-state index contributed by atoms with van der Waals surface area (Å²) in [5, 5.41) is 11.3. The van der Waals surface area contributed by atoms with Crippen molar-refractivity contribution in [2.24, 2.45) is 5.92 Å². The molecule has 0 unspecified atom stereocenters. The first-order valence-electron chi connectivity index (χ1n) is 5.28. The number of nitrogens with one attached hydrogen (secondary N) is 1. The van der Waals surface area contributed by atoms with E-state index in [1.807, 2.05) is 13.8 Å². The first-order chi connectivity index (χ1) is 8.47. The van der Waals surface area contributed by atoms with E-state index < -0.39 is 12.1 Å². The molecule has 0 fully saturated rings. The number of rotatable bonds is 5. The normalized spacial score (nSPS) is 10.8. The molecule has 7 heteroatoms. The van der Waals surface area contributed by atoms with Crippen LogP contribution in [0, 0.1) is 5.92 Å². The summed E-state index contributed by atoms with van der Waals surface area (Å²) in [5.74, 6) is -0.768. The first-order valence-corrected chi connectivity index (χ1v) is 6.09. The summed E-state index contributed by atoms with van der Waals surface area (Å²) in [4.78, 5) is 26.2. The number of hydrogen-bond acceptors (Lipinski definition) is 5. The van der Waals surface area contributed by atoms with Gasteiger partial charge < -0.3 is 9.84 Å². The molecule has 0 aliphatic rings. The van der Waals surface area contributed by atoms with Crippen molar-refractivity contribution in [3.63, 3.8) is 0 Å². The molecule has 1 heterocycles. The Morgan fingerprint density at radius 3 is 2.94 bits per heavy atom. The number of nitrogens with zero attached hydrogens (tertiary/aromatic N) is 1. The summed E-state index contributed by atoms with van der Waals surface area (Å²) >= 11 is 1.16. The van der Waals surface area contributed by atoms with E-state index in [0.29, 0.717) is 16.6 Å². The molecule has 0 saturated carbocycles. The predicted octanol–water partition coefficient (Wildman–Crippen LogP) is 2.45. The molecule has 0 aliphatic carbocycles. The number of hydrogen-bond donors (Lipinski definition) is 2. The molecular formula is C11H14N2O4S. The fraction of sp³-hybridized carbons (Fsp3) is 0.364. The second-order valence-electron chi connectivity index (χ2n) is 3.86. The van der Waals surface area contributed by atoms with Gasteiger partial charge in [-0.1, -0.05) is 25.2 Å². The second kappa shape index (κ2) is 6.75. The van der Waals surface area contributed by atoms with Crippen LogP contribution in [0.4, 0.5) is 9.93 Å². The zero-order chi connectivity index (χ0) is 13.5. The second-order valence-corrected chi connectivity index (χ2v) is 4.92. The van der Waals surface area contributed by atoms with E-state index in [9.17, 15) is 9.59 Å². The van der Waals surface area contributed by atoms with Gasteiger partial charge in [0, 0.05) is 17.2 Å². The third-order valence-corrected chi connectivity index (χ3v) is 2.55. The van der Waals surface area contributed by atoms with Crippen LogP contribution in [0.2, 0.25) is 0 Å². The zero-order valence-electron chi connectivity index (χ0n) is 10.0. The van der Waals surface area contributed by atoms with Crippen LogP contribution in [0.15, 0.2) is 12.3 Å². The van der Waals surface area contributed by atoms with E-state index in [2.05, 4.69) is 10.3 Å². The Hall–Kier alpha value is -1.89. The summed E-state index contributed by atoms with van der Waals surface area (Å²) in [7, 11) is 0. The number of carboxylic acid groups (broad SMARTS) is 1. The van der Waals surface area contributed by atoms with E-state index in [-0.39, 0.29) is 5.92 Å². The number of ether oxygens (including phenoxy) is 1. The Bertz CT molecular complexity index is 454. The van der Waals surface area contributed by atoms with E-state index in [0.717, 1.165) is 17.4 Å². The van der Waals surface area contributed by atoms with E-state index in [1.54, 1.807) is 0 Å². The number of aliphatic carboxylic acids is 1. The first kappa shape index (κ1) is 14.2. The molecule has 18 heavy (non-hydrogen) atoms. The van der Waals surface area contributed by atoms with Gasteiger partial charge in [0.15, 0.2) is 5.13 Å². The molecule has 6 nitrogen and oxygen atoms in total. The van der Waals surface area contributed by atoms with Crippen molar-refractivity contribution in [1.29, 1.82) is 0 Å². The molecule has 1 rings (SSSR count). The number of carbonyl (C=O) groups excluding carboxylic acids is 1. The van der Waals surface area contributed by atoms with Crippen molar-refractivity contribution in [1.82, 2.24) is 4.98 Å². The molecule has 1 aromatic rings. The fourth-order valence-electron chi connectivity index (χ4n) is 0.941. The highest BCUT2D eigenvalue weighted by molar-refractivity contribution is 7.16. The largest absolute Gasteiger partial charge is 0.478 e. The molecule has 2 N–H and O–H groups in total. The number of carbonyl (C=O) groups is 2. The summed E-state index contributed by atoms with van der Waals surface area (Å²) < 4.78 is 4.92. The maximum absolute atomic E-state index is 11.3. The minimum Gasteiger partial charge on any atom is -0.478 e. The van der Waals surface area contributed by atoms with Gasteiger partial charge in [-0.25, -0.2) is 14.6 Å². The maximum Gasteiger partial charge on any atom is 0.413 e. The molecule has 0 aliphatic heterocycles. The molecule has 0 saturated heterocycles. The lowest BCUT2D eigenvalue weighted by molar-refractivity contribution is -0.131. The van der Waals surface area contributed by atoms with E-state index in [4.69, 9.17) is 9.84 Å². The van der Waals surface area contributed by atoms with Crippen LogP contribution in [0.25, 0.3) is 6.08 Å². The van der Waals surface area contributed by atoms with Gasteiger partial charge in [0.25, 0.3) is 0 Å². The molecule has 0 aromatic carbocycles. The van der Waals surface area contributed by atoms with Crippen LogP contribution < -0.4 is 5.32 Å². The van der Waals surface area contributed by atoms with Crippen LogP contribution in [-0.4, -0.2) is 28.8 Å². The van der Waals surface area contributed by atoms with Crippen molar-refractivity contribution < 1.29 is 19.4 Å². The van der Waals surface area contributed by atoms with Gasteiger partial charge in [-0.15, -0.1) is 0 Å². The number of thiazole rings is 1. The van der Waals surface area contributed by atoms with Gasteiger partial charge in [-0.05, 0) is 12.0 Å². The minimum absolute atomic E-state index is 0.265. The molecule has 0 radical (unpaired) electrons.